The number of likely N-dealkylation sites (tertiary alicyclic amines) is 1. The Kier molecular flexibility index (Phi) is 6.11. The third-order valence-electron chi connectivity index (χ3n) is 7.05. The molecule has 1 aromatic rings. The summed E-state index contributed by atoms with van der Waals surface area (Å²) in [6, 6.07) is 9.48. The van der Waals surface area contributed by atoms with Crippen molar-refractivity contribution in [3.05, 3.63) is 35.9 Å². The van der Waals surface area contributed by atoms with Crippen molar-refractivity contribution < 1.29 is 19.1 Å². The number of rotatable bonds is 6. The molecule has 1 saturated heterocycles. The first-order valence-corrected chi connectivity index (χ1v) is 11.3. The Bertz CT molecular complexity index is 792. The summed E-state index contributed by atoms with van der Waals surface area (Å²) >= 11 is 0. The lowest BCUT2D eigenvalue weighted by molar-refractivity contribution is -0.160. The van der Waals surface area contributed by atoms with Gasteiger partial charge >= 0.3 is 5.97 Å². The fourth-order valence-corrected chi connectivity index (χ4v) is 4.82. The van der Waals surface area contributed by atoms with Gasteiger partial charge < -0.3 is 15.0 Å². The summed E-state index contributed by atoms with van der Waals surface area (Å²) in [5, 5.41) is 2.93. The highest BCUT2D eigenvalue weighted by molar-refractivity contribution is 5.89. The van der Waals surface area contributed by atoms with Gasteiger partial charge in [0.2, 0.25) is 12.0 Å². The minimum absolute atomic E-state index is 0.0293. The number of nitrogens with zero attached hydrogens (tertiary/aromatic N) is 1. The molecule has 4 rings (SSSR count). The van der Waals surface area contributed by atoms with E-state index < -0.39 is 18.0 Å². The predicted molar refractivity (Wildman–Crippen MR) is 112 cm³/mol. The minimum atomic E-state index is -0.975. The van der Waals surface area contributed by atoms with Gasteiger partial charge in [-0.15, -0.1) is 0 Å². The zero-order valence-electron chi connectivity index (χ0n) is 17.9. The zero-order chi connectivity index (χ0) is 21.3. The molecule has 0 aromatic heterocycles. The lowest BCUT2D eigenvalue weighted by atomic mass is 9.77. The molecule has 3 aliphatic rings. The molecule has 3 fully saturated rings. The van der Waals surface area contributed by atoms with Gasteiger partial charge in [0.05, 0.1) is 5.92 Å². The van der Waals surface area contributed by atoms with Crippen LogP contribution in [0.1, 0.15) is 64.0 Å². The summed E-state index contributed by atoms with van der Waals surface area (Å²) in [6.45, 7) is 4.85. The van der Waals surface area contributed by atoms with E-state index in [2.05, 4.69) is 19.2 Å². The Morgan fingerprint density at radius 3 is 2.53 bits per heavy atom. The van der Waals surface area contributed by atoms with E-state index in [1.54, 1.807) is 12.1 Å². The maximum atomic E-state index is 13.0. The molecule has 2 aliphatic carbocycles. The summed E-state index contributed by atoms with van der Waals surface area (Å²) < 4.78 is 5.71. The van der Waals surface area contributed by atoms with Crippen LogP contribution in [-0.4, -0.2) is 41.3 Å². The van der Waals surface area contributed by atoms with Crippen molar-refractivity contribution in [1.82, 2.24) is 10.2 Å². The number of benzene rings is 1. The van der Waals surface area contributed by atoms with Gasteiger partial charge in [-0.1, -0.05) is 57.0 Å². The molecule has 1 aromatic carbocycles. The fraction of sp³-hybridized carbons (Fsp3) is 0.625. The predicted octanol–water partition coefficient (Wildman–Crippen LogP) is 3.22. The van der Waals surface area contributed by atoms with Gasteiger partial charge in [0.25, 0.3) is 5.91 Å². The maximum absolute atomic E-state index is 13.0. The van der Waals surface area contributed by atoms with E-state index >= 15 is 0 Å². The van der Waals surface area contributed by atoms with Crippen molar-refractivity contribution >= 4 is 17.8 Å². The highest BCUT2D eigenvalue weighted by atomic mass is 16.5. The Labute approximate surface area is 178 Å². The standard InChI is InChI=1S/C24H32N2O4/c1-15-7-6-10-20(16(15)2)26-14-18(13-21(26)27)24(29)30-22(17-8-4-3-5-9-17)23(28)25-19-11-12-19/h3-5,8-9,15-16,18-20,22H,6-7,10-14H2,1-2H3,(H,25,28)/t15-,16+,18+,20-,22-/m0/s1. The normalized spacial score (nSPS) is 30.1. The summed E-state index contributed by atoms with van der Waals surface area (Å²) in [7, 11) is 0. The molecule has 1 heterocycles. The quantitative estimate of drug-likeness (QED) is 0.728. The van der Waals surface area contributed by atoms with Gasteiger partial charge in [-0.25, -0.2) is 0 Å². The van der Waals surface area contributed by atoms with Crippen molar-refractivity contribution in [2.75, 3.05) is 6.54 Å². The molecule has 30 heavy (non-hydrogen) atoms. The molecular weight excluding hydrogens is 380 g/mol. The number of hydrogen-bond donors (Lipinski definition) is 1. The largest absolute Gasteiger partial charge is 0.447 e. The average Bonchev–Trinajstić information content (AvgIpc) is 3.47. The molecule has 0 spiro atoms. The van der Waals surface area contributed by atoms with Gasteiger partial charge in [-0.2, -0.15) is 0 Å². The van der Waals surface area contributed by atoms with Gasteiger partial charge in [0.15, 0.2) is 0 Å². The van der Waals surface area contributed by atoms with Gasteiger partial charge in [-0.05, 0) is 31.1 Å². The van der Waals surface area contributed by atoms with Crippen molar-refractivity contribution in [2.24, 2.45) is 17.8 Å². The van der Waals surface area contributed by atoms with Crippen molar-refractivity contribution in [1.29, 1.82) is 0 Å². The van der Waals surface area contributed by atoms with Gasteiger partial charge in [0.1, 0.15) is 0 Å². The van der Waals surface area contributed by atoms with Crippen LogP contribution in [0.4, 0.5) is 0 Å². The highest BCUT2D eigenvalue weighted by Gasteiger charge is 2.43. The zero-order valence-corrected chi connectivity index (χ0v) is 17.9. The molecule has 1 aliphatic heterocycles. The first kappa shape index (κ1) is 20.9. The smallest absolute Gasteiger partial charge is 0.312 e. The third kappa shape index (κ3) is 4.52. The van der Waals surface area contributed by atoms with Gasteiger partial charge in [0, 0.05) is 30.6 Å². The number of hydrogen-bond acceptors (Lipinski definition) is 4. The number of nitrogens with one attached hydrogen (secondary N) is 1. The van der Waals surface area contributed by atoms with Crippen LogP contribution in [0.15, 0.2) is 30.3 Å². The van der Waals surface area contributed by atoms with Gasteiger partial charge in [-0.3, -0.25) is 14.4 Å². The van der Waals surface area contributed by atoms with E-state index in [1.165, 1.54) is 6.42 Å². The highest BCUT2D eigenvalue weighted by Crippen LogP contribution is 2.36. The van der Waals surface area contributed by atoms with Crippen LogP contribution in [0.3, 0.4) is 0 Å². The van der Waals surface area contributed by atoms with Crippen LogP contribution in [0.5, 0.6) is 0 Å². The summed E-state index contributed by atoms with van der Waals surface area (Å²) in [6.07, 6.45) is 4.43. The Hall–Kier alpha value is -2.37. The summed E-state index contributed by atoms with van der Waals surface area (Å²) in [5.41, 5.74) is 0.653. The SMILES string of the molecule is C[C@@H]1[C@@H](C)CCC[C@@H]1N1C[C@H](C(=O)O[C@H](C(=O)NC2CC2)c2ccccc2)CC1=O. The van der Waals surface area contributed by atoms with E-state index in [9.17, 15) is 14.4 Å². The van der Waals surface area contributed by atoms with E-state index in [0.717, 1.165) is 25.7 Å². The first-order chi connectivity index (χ1) is 14.4. The molecule has 1 N–H and O–H groups in total. The molecule has 0 bridgehead atoms. The van der Waals surface area contributed by atoms with Crippen molar-refractivity contribution in [3.8, 4) is 0 Å². The fourth-order valence-electron chi connectivity index (χ4n) is 4.82. The minimum Gasteiger partial charge on any atom is -0.447 e. The topological polar surface area (TPSA) is 75.7 Å². The van der Waals surface area contributed by atoms with Crippen LogP contribution < -0.4 is 5.32 Å². The Morgan fingerprint density at radius 1 is 1.10 bits per heavy atom. The number of ether oxygens (including phenoxy) is 1. The third-order valence-corrected chi connectivity index (χ3v) is 7.05. The molecule has 2 amide bonds. The molecule has 6 nitrogen and oxygen atoms in total. The van der Waals surface area contributed by atoms with E-state index in [1.807, 2.05) is 23.1 Å². The molecule has 0 radical (unpaired) electrons. The second-order valence-corrected chi connectivity index (χ2v) is 9.29. The number of carbonyl (C=O) groups excluding carboxylic acids is 3. The lowest BCUT2D eigenvalue weighted by Gasteiger charge is -2.40. The number of esters is 1. The first-order valence-electron chi connectivity index (χ1n) is 11.3. The average molecular weight is 413 g/mol. The van der Waals surface area contributed by atoms with Crippen LogP contribution >= 0.6 is 0 Å². The second-order valence-electron chi connectivity index (χ2n) is 9.29. The summed E-state index contributed by atoms with van der Waals surface area (Å²) in [4.78, 5) is 40.3. The molecule has 162 valence electrons. The second kappa shape index (κ2) is 8.78. The molecule has 0 unspecified atom stereocenters. The van der Waals surface area contributed by atoms with Crippen LogP contribution in [0, 0.1) is 17.8 Å². The Morgan fingerprint density at radius 2 is 1.83 bits per heavy atom. The number of amides is 2. The van der Waals surface area contributed by atoms with Crippen molar-refractivity contribution in [2.45, 2.75) is 70.6 Å². The van der Waals surface area contributed by atoms with Crippen LogP contribution in [-0.2, 0) is 19.1 Å². The molecule has 2 saturated carbocycles. The summed E-state index contributed by atoms with van der Waals surface area (Å²) in [5.74, 6) is -0.214. The lowest BCUT2D eigenvalue weighted by Crippen LogP contribution is -2.45. The Balaban J connectivity index is 1.43. The monoisotopic (exact) mass is 412 g/mol. The van der Waals surface area contributed by atoms with Crippen LogP contribution in [0.2, 0.25) is 0 Å². The molecule has 5 atom stereocenters. The molecule has 6 heteroatoms. The van der Waals surface area contributed by atoms with E-state index in [0.29, 0.717) is 23.9 Å². The molecular formula is C24H32N2O4. The van der Waals surface area contributed by atoms with Crippen molar-refractivity contribution in [3.63, 3.8) is 0 Å². The number of carbonyl (C=O) groups is 3. The van der Waals surface area contributed by atoms with Crippen LogP contribution in [0.25, 0.3) is 0 Å². The van der Waals surface area contributed by atoms with E-state index in [-0.39, 0.29) is 30.3 Å². The van der Waals surface area contributed by atoms with E-state index in [4.69, 9.17) is 4.74 Å². The maximum Gasteiger partial charge on any atom is 0.312 e.